The van der Waals surface area contributed by atoms with E-state index in [1.165, 1.54) is 49.7 Å². The first-order valence-electron chi connectivity index (χ1n) is 13.0. The molecule has 38 heavy (non-hydrogen) atoms. The first-order chi connectivity index (χ1) is 18.7. The Hall–Kier alpha value is -4.88. The smallest absolute Gasteiger partial charge is 0.143 e. The van der Waals surface area contributed by atoms with Gasteiger partial charge in [0.2, 0.25) is 0 Å². The number of benzene rings is 6. The first-order valence-corrected chi connectivity index (χ1v) is 13.0. The molecule has 1 heteroatoms. The summed E-state index contributed by atoms with van der Waals surface area (Å²) in [6.45, 7) is 2.15. The van der Waals surface area contributed by atoms with Crippen LogP contribution >= 0.6 is 0 Å². The van der Waals surface area contributed by atoms with E-state index < -0.39 is 0 Å². The molecule has 0 fully saturated rings. The van der Waals surface area contributed by atoms with Crippen LogP contribution < -0.4 is 0 Å². The van der Waals surface area contributed by atoms with Crippen LogP contribution in [-0.2, 0) is 0 Å². The fraction of sp³-hybridized carbons (Fsp3) is 0.0270. The Bertz CT molecular complexity index is 1840. The molecular weight excluding hydrogens is 460 g/mol. The van der Waals surface area contributed by atoms with E-state index in [-0.39, 0.29) is 0 Å². The lowest BCUT2D eigenvalue weighted by molar-refractivity contribution is 0.670. The van der Waals surface area contributed by atoms with Crippen molar-refractivity contribution in [3.8, 4) is 44.5 Å². The van der Waals surface area contributed by atoms with Crippen LogP contribution in [0.25, 0.3) is 66.4 Å². The minimum absolute atomic E-state index is 0.931. The fourth-order valence-corrected chi connectivity index (χ4v) is 5.45. The minimum Gasteiger partial charge on any atom is -0.455 e. The van der Waals surface area contributed by atoms with Gasteiger partial charge in [0.15, 0.2) is 0 Å². The molecule has 0 N–H and O–H groups in total. The van der Waals surface area contributed by atoms with Crippen molar-refractivity contribution in [3.05, 3.63) is 145 Å². The Morgan fingerprint density at radius 2 is 0.921 bits per heavy atom. The van der Waals surface area contributed by atoms with Gasteiger partial charge in [-0.15, -0.1) is 0 Å². The van der Waals surface area contributed by atoms with Crippen LogP contribution in [0.15, 0.2) is 144 Å². The Kier molecular flexibility index (Phi) is 5.41. The summed E-state index contributed by atoms with van der Waals surface area (Å²) in [5, 5.41) is 2.37. The Balaban J connectivity index is 1.34. The number of hydrogen-bond acceptors (Lipinski definition) is 1. The number of rotatable bonds is 4. The third-order valence-corrected chi connectivity index (χ3v) is 7.41. The van der Waals surface area contributed by atoms with Gasteiger partial charge in [0, 0.05) is 16.3 Å². The molecule has 0 bridgehead atoms. The standard InChI is InChI=1S/C37H26O/c1-25-16-21-33(37-36(25)34-14-8-9-15-35(34)38-37)29-19-17-28(18-20-29)32-23-30(26-10-4-2-5-11-26)22-31(24-32)27-12-6-3-7-13-27/h2-24H,1H3. The van der Waals surface area contributed by atoms with Gasteiger partial charge >= 0.3 is 0 Å². The largest absolute Gasteiger partial charge is 0.455 e. The summed E-state index contributed by atoms with van der Waals surface area (Å²) in [5.74, 6) is 0. The fourth-order valence-electron chi connectivity index (χ4n) is 5.45. The van der Waals surface area contributed by atoms with Crippen molar-refractivity contribution in [2.45, 2.75) is 6.92 Å². The predicted molar refractivity (Wildman–Crippen MR) is 160 cm³/mol. The van der Waals surface area contributed by atoms with Crippen LogP contribution in [0.4, 0.5) is 0 Å². The molecule has 180 valence electrons. The van der Waals surface area contributed by atoms with Crippen LogP contribution in [0, 0.1) is 6.92 Å². The lowest BCUT2D eigenvalue weighted by atomic mass is 9.92. The van der Waals surface area contributed by atoms with E-state index in [1.807, 2.05) is 12.1 Å². The van der Waals surface area contributed by atoms with Gasteiger partial charge < -0.3 is 4.42 Å². The summed E-state index contributed by atoms with van der Waals surface area (Å²) >= 11 is 0. The Morgan fingerprint density at radius 1 is 0.421 bits per heavy atom. The van der Waals surface area contributed by atoms with Crippen molar-refractivity contribution in [2.24, 2.45) is 0 Å². The minimum atomic E-state index is 0.931. The second-order valence-corrected chi connectivity index (χ2v) is 9.84. The Labute approximate surface area is 222 Å². The van der Waals surface area contributed by atoms with Crippen LogP contribution in [-0.4, -0.2) is 0 Å². The maximum atomic E-state index is 6.36. The van der Waals surface area contributed by atoms with Gasteiger partial charge in [0.1, 0.15) is 11.2 Å². The highest BCUT2D eigenvalue weighted by atomic mass is 16.3. The summed E-state index contributed by atoms with van der Waals surface area (Å²) in [5.41, 5.74) is 12.7. The van der Waals surface area contributed by atoms with Crippen LogP contribution in [0.3, 0.4) is 0 Å². The van der Waals surface area contributed by atoms with Crippen molar-refractivity contribution in [2.75, 3.05) is 0 Å². The van der Waals surface area contributed by atoms with Crippen LogP contribution in [0.5, 0.6) is 0 Å². The number of para-hydroxylation sites is 1. The lowest BCUT2D eigenvalue weighted by Gasteiger charge is -2.12. The third-order valence-electron chi connectivity index (χ3n) is 7.41. The zero-order valence-electron chi connectivity index (χ0n) is 21.2. The van der Waals surface area contributed by atoms with Crippen LogP contribution in [0.2, 0.25) is 0 Å². The summed E-state index contributed by atoms with van der Waals surface area (Å²) in [7, 11) is 0. The summed E-state index contributed by atoms with van der Waals surface area (Å²) in [4.78, 5) is 0. The molecule has 1 heterocycles. The van der Waals surface area contributed by atoms with E-state index in [4.69, 9.17) is 4.42 Å². The van der Waals surface area contributed by atoms with Gasteiger partial charge in [-0.3, -0.25) is 0 Å². The summed E-state index contributed by atoms with van der Waals surface area (Å²) < 4.78 is 6.36. The second kappa shape index (κ2) is 9.21. The average Bonchev–Trinajstić information content (AvgIpc) is 3.39. The molecule has 0 saturated carbocycles. The molecule has 0 aliphatic carbocycles. The lowest BCUT2D eigenvalue weighted by Crippen LogP contribution is -1.87. The van der Waals surface area contributed by atoms with Gasteiger partial charge in [-0.25, -0.2) is 0 Å². The molecule has 1 nitrogen and oxygen atoms in total. The van der Waals surface area contributed by atoms with E-state index in [1.54, 1.807) is 0 Å². The van der Waals surface area contributed by atoms with E-state index in [2.05, 4.69) is 134 Å². The molecule has 7 aromatic rings. The highest BCUT2D eigenvalue weighted by molar-refractivity contribution is 6.11. The maximum absolute atomic E-state index is 6.36. The highest BCUT2D eigenvalue weighted by Gasteiger charge is 2.14. The second-order valence-electron chi connectivity index (χ2n) is 9.84. The first kappa shape index (κ1) is 22.3. The van der Waals surface area contributed by atoms with Crippen molar-refractivity contribution in [1.29, 1.82) is 0 Å². The van der Waals surface area contributed by atoms with Crippen molar-refractivity contribution in [1.82, 2.24) is 0 Å². The maximum Gasteiger partial charge on any atom is 0.143 e. The molecule has 0 spiro atoms. The van der Waals surface area contributed by atoms with Crippen molar-refractivity contribution in [3.63, 3.8) is 0 Å². The molecule has 0 radical (unpaired) electrons. The van der Waals surface area contributed by atoms with Crippen molar-refractivity contribution < 1.29 is 4.42 Å². The monoisotopic (exact) mass is 486 g/mol. The van der Waals surface area contributed by atoms with Gasteiger partial charge in [-0.1, -0.05) is 115 Å². The third kappa shape index (κ3) is 3.90. The molecule has 0 unspecified atom stereocenters. The number of furan rings is 1. The van der Waals surface area contributed by atoms with E-state index in [0.717, 1.165) is 22.3 Å². The summed E-state index contributed by atoms with van der Waals surface area (Å²) in [6.07, 6.45) is 0. The predicted octanol–water partition coefficient (Wildman–Crippen LogP) is 10.6. The van der Waals surface area contributed by atoms with Gasteiger partial charge in [-0.2, -0.15) is 0 Å². The Morgan fingerprint density at radius 3 is 1.53 bits per heavy atom. The number of aryl methyl sites for hydroxylation is 1. The van der Waals surface area contributed by atoms with Crippen LogP contribution in [0.1, 0.15) is 5.56 Å². The topological polar surface area (TPSA) is 13.1 Å². The SMILES string of the molecule is Cc1ccc(-c2ccc(-c3cc(-c4ccccc4)cc(-c4ccccc4)c3)cc2)c2oc3ccccc3c12. The summed E-state index contributed by atoms with van der Waals surface area (Å²) in [6, 6.07) is 49.6. The quantitative estimate of drug-likeness (QED) is 0.241. The average molecular weight is 487 g/mol. The molecule has 1 aromatic heterocycles. The molecular formula is C37H26O. The van der Waals surface area contributed by atoms with Gasteiger partial charge in [-0.05, 0) is 75.7 Å². The van der Waals surface area contributed by atoms with Gasteiger partial charge in [0.25, 0.3) is 0 Å². The van der Waals surface area contributed by atoms with E-state index in [0.29, 0.717) is 0 Å². The normalized spacial score (nSPS) is 11.3. The van der Waals surface area contributed by atoms with E-state index >= 15 is 0 Å². The molecule has 6 aromatic carbocycles. The zero-order valence-corrected chi connectivity index (χ0v) is 21.2. The molecule has 0 amide bonds. The molecule has 7 rings (SSSR count). The number of hydrogen-bond donors (Lipinski definition) is 0. The molecule has 0 saturated heterocycles. The number of fused-ring (bicyclic) bond motifs is 3. The highest BCUT2D eigenvalue weighted by Crippen LogP contribution is 2.39. The molecule has 0 aliphatic rings. The van der Waals surface area contributed by atoms with Crippen molar-refractivity contribution >= 4 is 21.9 Å². The zero-order chi connectivity index (χ0) is 25.5. The van der Waals surface area contributed by atoms with E-state index in [9.17, 15) is 0 Å². The van der Waals surface area contributed by atoms with Gasteiger partial charge in [0.05, 0.1) is 0 Å². The molecule has 0 atom stereocenters. The molecule has 0 aliphatic heterocycles.